The van der Waals surface area contributed by atoms with Crippen molar-refractivity contribution in [1.82, 2.24) is 4.98 Å². The van der Waals surface area contributed by atoms with Crippen molar-refractivity contribution in [2.75, 3.05) is 13.2 Å². The Balaban J connectivity index is 2.48. The highest BCUT2D eigenvalue weighted by Crippen LogP contribution is 2.31. The van der Waals surface area contributed by atoms with Gasteiger partial charge in [0, 0.05) is 11.4 Å². The Bertz CT molecular complexity index is 815. The van der Waals surface area contributed by atoms with E-state index in [1.165, 1.54) is 0 Å². The van der Waals surface area contributed by atoms with E-state index in [2.05, 4.69) is 25.9 Å². The van der Waals surface area contributed by atoms with Gasteiger partial charge in [-0.1, -0.05) is 0 Å². The molecule has 0 amide bonds. The third-order valence-corrected chi connectivity index (χ3v) is 4.65. The lowest BCUT2D eigenvalue weighted by Gasteiger charge is -2.05. The Morgan fingerprint density at radius 3 is 2.32 bits per heavy atom. The maximum Gasteiger partial charge on any atom is 0.340 e. The number of aromatic nitrogens is 1. The topological polar surface area (TPSA) is 80.8 Å². The molecule has 0 fully saturated rings. The molecule has 134 valence electrons. The van der Waals surface area contributed by atoms with Crippen LogP contribution in [0.5, 0.6) is 0 Å². The minimum absolute atomic E-state index is 0.286. The molecule has 0 spiro atoms. The van der Waals surface area contributed by atoms with Crippen molar-refractivity contribution in [3.05, 3.63) is 39.4 Å². The minimum Gasteiger partial charge on any atom is -0.462 e. The zero-order chi connectivity index (χ0) is 18.7. The lowest BCUT2D eigenvalue weighted by atomic mass is 10.1. The van der Waals surface area contributed by atoms with Crippen molar-refractivity contribution >= 4 is 38.6 Å². The van der Waals surface area contributed by atoms with Gasteiger partial charge in [-0.3, -0.25) is 0 Å². The molecule has 2 heterocycles. The van der Waals surface area contributed by atoms with Crippen molar-refractivity contribution in [2.24, 2.45) is 4.99 Å². The number of esters is 2. The van der Waals surface area contributed by atoms with E-state index in [4.69, 9.17) is 9.47 Å². The van der Waals surface area contributed by atoms with E-state index < -0.39 is 5.97 Å². The molecule has 1 aliphatic heterocycles. The number of H-pyrrole nitrogens is 1. The monoisotopic (exact) mass is 408 g/mol. The molecule has 0 saturated heterocycles. The van der Waals surface area contributed by atoms with Crippen LogP contribution in [0.25, 0.3) is 6.08 Å². The van der Waals surface area contributed by atoms with Crippen LogP contribution in [-0.4, -0.2) is 34.8 Å². The smallest absolute Gasteiger partial charge is 0.340 e. The Morgan fingerprint density at radius 1 is 1.12 bits per heavy atom. The van der Waals surface area contributed by atoms with Gasteiger partial charge in [-0.05, 0) is 67.8 Å². The highest BCUT2D eigenvalue weighted by molar-refractivity contribution is 9.18. The zero-order valence-corrected chi connectivity index (χ0v) is 16.5. The van der Waals surface area contributed by atoms with E-state index in [-0.39, 0.29) is 12.6 Å². The zero-order valence-electron chi connectivity index (χ0n) is 14.9. The average molecular weight is 409 g/mol. The van der Waals surface area contributed by atoms with Crippen molar-refractivity contribution in [3.63, 3.8) is 0 Å². The van der Waals surface area contributed by atoms with Crippen LogP contribution in [-0.2, 0) is 14.3 Å². The van der Waals surface area contributed by atoms with Crippen LogP contribution in [0.2, 0.25) is 0 Å². The number of aryl methyl sites for hydroxylation is 1. The van der Waals surface area contributed by atoms with Gasteiger partial charge in [0.05, 0.1) is 30.0 Å². The molecule has 2 rings (SSSR count). The van der Waals surface area contributed by atoms with Gasteiger partial charge >= 0.3 is 11.9 Å². The molecule has 25 heavy (non-hydrogen) atoms. The standard InChI is InChI=1S/C18H21BrN2O4/c1-6-24-17(22)14-9(3)12(20-11(14)5)8-13-15(18(23)25-7-2)10(4)16(19)21-13/h8,20H,6-7H2,1-5H3/b13-8+. The van der Waals surface area contributed by atoms with Crippen LogP contribution in [0.4, 0.5) is 0 Å². The highest BCUT2D eigenvalue weighted by atomic mass is 79.9. The summed E-state index contributed by atoms with van der Waals surface area (Å²) in [6, 6.07) is 0. The number of aromatic amines is 1. The number of rotatable bonds is 5. The van der Waals surface area contributed by atoms with E-state index in [1.54, 1.807) is 26.8 Å². The van der Waals surface area contributed by atoms with Crippen LogP contribution < -0.4 is 0 Å². The number of hydrogen-bond donors (Lipinski definition) is 1. The first-order valence-corrected chi connectivity index (χ1v) is 8.81. The Hall–Kier alpha value is -2.15. The van der Waals surface area contributed by atoms with Crippen LogP contribution in [0.1, 0.15) is 48.1 Å². The third-order valence-electron chi connectivity index (χ3n) is 3.88. The number of nitrogens with one attached hydrogen (secondary N) is 1. The summed E-state index contributed by atoms with van der Waals surface area (Å²) < 4.78 is 10.8. The number of allylic oxidation sites excluding steroid dienone is 1. The van der Waals surface area contributed by atoms with Crippen LogP contribution in [0.15, 0.2) is 21.8 Å². The summed E-state index contributed by atoms with van der Waals surface area (Å²) in [5, 5.41) is 0. The second kappa shape index (κ2) is 7.82. The van der Waals surface area contributed by atoms with Gasteiger partial charge in [0.15, 0.2) is 0 Å². The van der Waals surface area contributed by atoms with Crippen molar-refractivity contribution in [3.8, 4) is 0 Å². The summed E-state index contributed by atoms with van der Waals surface area (Å²) in [4.78, 5) is 31.9. The fourth-order valence-corrected chi connectivity index (χ4v) is 3.06. The lowest BCUT2D eigenvalue weighted by molar-refractivity contribution is -0.138. The fraction of sp³-hybridized carbons (Fsp3) is 0.389. The van der Waals surface area contributed by atoms with Gasteiger partial charge in [0.25, 0.3) is 0 Å². The predicted octanol–water partition coefficient (Wildman–Crippen LogP) is 3.84. The molecule has 0 saturated carbocycles. The van der Waals surface area contributed by atoms with E-state index in [9.17, 15) is 9.59 Å². The average Bonchev–Trinajstić information content (AvgIpc) is 2.96. The summed E-state index contributed by atoms with van der Waals surface area (Å²) in [7, 11) is 0. The lowest BCUT2D eigenvalue weighted by Crippen LogP contribution is -2.09. The van der Waals surface area contributed by atoms with Gasteiger partial charge < -0.3 is 14.5 Å². The molecule has 1 aromatic rings. The summed E-state index contributed by atoms with van der Waals surface area (Å²) in [5.74, 6) is -0.789. The maximum absolute atomic E-state index is 12.3. The van der Waals surface area contributed by atoms with Crippen LogP contribution in [0.3, 0.4) is 0 Å². The van der Waals surface area contributed by atoms with Gasteiger partial charge in [-0.15, -0.1) is 0 Å². The minimum atomic E-state index is -0.420. The van der Waals surface area contributed by atoms with E-state index >= 15 is 0 Å². The van der Waals surface area contributed by atoms with Gasteiger partial charge in [-0.2, -0.15) is 0 Å². The third kappa shape index (κ3) is 3.76. The highest BCUT2D eigenvalue weighted by Gasteiger charge is 2.27. The van der Waals surface area contributed by atoms with Crippen LogP contribution >= 0.6 is 15.9 Å². The number of hydrogen-bond acceptors (Lipinski definition) is 5. The first-order chi connectivity index (χ1) is 11.8. The van der Waals surface area contributed by atoms with Crippen molar-refractivity contribution < 1.29 is 19.1 Å². The molecule has 0 atom stereocenters. The quantitative estimate of drug-likeness (QED) is 0.750. The molecular weight excluding hydrogens is 388 g/mol. The number of carbonyl (C=O) groups is 2. The second-order valence-corrected chi connectivity index (χ2v) is 6.29. The number of nitrogens with zero attached hydrogens (tertiary/aromatic N) is 1. The molecule has 0 aromatic carbocycles. The molecule has 1 aliphatic rings. The maximum atomic E-state index is 12.3. The normalized spacial score (nSPS) is 15.6. The second-order valence-electron chi connectivity index (χ2n) is 5.54. The molecule has 7 heteroatoms. The van der Waals surface area contributed by atoms with Crippen molar-refractivity contribution in [2.45, 2.75) is 34.6 Å². The Kier molecular flexibility index (Phi) is 6.00. The van der Waals surface area contributed by atoms with Crippen molar-refractivity contribution in [1.29, 1.82) is 0 Å². The molecule has 1 N–H and O–H groups in total. The van der Waals surface area contributed by atoms with Gasteiger partial charge in [0.1, 0.15) is 4.62 Å². The molecule has 1 aromatic heterocycles. The first-order valence-electron chi connectivity index (χ1n) is 8.02. The number of carbonyl (C=O) groups excluding carboxylic acids is 2. The van der Waals surface area contributed by atoms with Gasteiger partial charge in [0.2, 0.25) is 0 Å². The SMILES string of the molecule is CCOC(=O)C1=C(C)C(Br)=N/C1=C/c1[nH]c(C)c(C(=O)OCC)c1C. The van der Waals surface area contributed by atoms with E-state index in [1.807, 2.05) is 13.8 Å². The number of aliphatic imine (C=N–C) groups is 1. The fourth-order valence-electron chi connectivity index (χ4n) is 2.67. The largest absolute Gasteiger partial charge is 0.462 e. The first kappa shape index (κ1) is 19.2. The molecule has 0 radical (unpaired) electrons. The molecular formula is C18H21BrN2O4. The Labute approximate surface area is 155 Å². The summed E-state index contributed by atoms with van der Waals surface area (Å²) >= 11 is 3.36. The summed E-state index contributed by atoms with van der Waals surface area (Å²) in [6.45, 7) is 9.56. The predicted molar refractivity (Wildman–Crippen MR) is 99.9 cm³/mol. The molecule has 6 nitrogen and oxygen atoms in total. The molecule has 0 bridgehead atoms. The molecule has 0 aliphatic carbocycles. The summed E-state index contributed by atoms with van der Waals surface area (Å²) in [5.41, 5.74) is 4.30. The number of ether oxygens (including phenoxy) is 2. The molecule has 0 unspecified atom stereocenters. The Morgan fingerprint density at radius 2 is 1.72 bits per heavy atom. The van der Waals surface area contributed by atoms with Crippen LogP contribution in [0, 0.1) is 13.8 Å². The van der Waals surface area contributed by atoms with E-state index in [0.717, 1.165) is 11.1 Å². The van der Waals surface area contributed by atoms with E-state index in [0.29, 0.717) is 39.4 Å². The summed E-state index contributed by atoms with van der Waals surface area (Å²) in [6.07, 6.45) is 1.75. The van der Waals surface area contributed by atoms with Gasteiger partial charge in [-0.25, -0.2) is 14.6 Å². The number of halogens is 1.